The molecule has 4 heteroatoms. The summed E-state index contributed by atoms with van der Waals surface area (Å²) in [6.07, 6.45) is 9.45. The first-order valence-corrected chi connectivity index (χ1v) is 14.4. The van der Waals surface area contributed by atoms with Crippen LogP contribution in [0.4, 0.5) is 0 Å². The highest BCUT2D eigenvalue weighted by Crippen LogP contribution is 2.43. The molecule has 4 nitrogen and oxygen atoms in total. The third kappa shape index (κ3) is 5.90. The van der Waals surface area contributed by atoms with Crippen LogP contribution >= 0.6 is 0 Å². The molecule has 1 aliphatic carbocycles. The fourth-order valence-electron chi connectivity index (χ4n) is 6.66. The van der Waals surface area contributed by atoms with E-state index in [0.717, 1.165) is 56.3 Å². The molecule has 2 aliphatic rings. The molecule has 1 saturated carbocycles. The number of carbonyl (C=O) groups excluding carboxylic acids is 1. The summed E-state index contributed by atoms with van der Waals surface area (Å²) in [4.78, 5) is 11.4. The van der Waals surface area contributed by atoms with Crippen LogP contribution in [0.1, 0.15) is 106 Å². The number of hydrogen-bond acceptors (Lipinski definition) is 4. The molecule has 1 heterocycles. The van der Waals surface area contributed by atoms with Gasteiger partial charge in [0.15, 0.2) is 0 Å². The van der Waals surface area contributed by atoms with Gasteiger partial charge >= 0.3 is 5.97 Å². The average molecular weight is 507 g/mol. The summed E-state index contributed by atoms with van der Waals surface area (Å²) in [6.45, 7) is 11.5. The Labute approximate surface area is 223 Å². The first-order valence-electron chi connectivity index (χ1n) is 14.4. The largest absolute Gasteiger partial charge is 0.489 e. The van der Waals surface area contributed by atoms with Crippen molar-refractivity contribution in [2.24, 2.45) is 5.41 Å². The molecule has 2 atom stereocenters. The van der Waals surface area contributed by atoms with Crippen LogP contribution in [-0.4, -0.2) is 29.9 Å². The predicted octanol–water partition coefficient (Wildman–Crippen LogP) is 7.37. The van der Waals surface area contributed by atoms with Crippen molar-refractivity contribution in [1.29, 1.82) is 0 Å². The van der Waals surface area contributed by atoms with Gasteiger partial charge in [0.25, 0.3) is 0 Å². The SMILES string of the molecule is CCC(CC)(c1ccc(CCC(O)C2(C)CCCC2)c(C)c1)c1ccc(OC[C@H]2CCC(=O)O2)c(C)c1. The molecule has 2 aromatic rings. The first kappa shape index (κ1) is 27.7. The van der Waals surface area contributed by atoms with Crippen LogP contribution in [0.2, 0.25) is 0 Å². The Morgan fingerprint density at radius 3 is 2.27 bits per heavy atom. The maximum Gasteiger partial charge on any atom is 0.306 e. The number of benzene rings is 2. The van der Waals surface area contributed by atoms with Crippen molar-refractivity contribution in [2.45, 2.75) is 116 Å². The zero-order valence-corrected chi connectivity index (χ0v) is 23.6. The number of rotatable bonds is 11. The Morgan fingerprint density at radius 1 is 1.05 bits per heavy atom. The van der Waals surface area contributed by atoms with Gasteiger partial charge in [0, 0.05) is 11.8 Å². The quantitative estimate of drug-likeness (QED) is 0.323. The molecule has 1 unspecified atom stereocenters. The predicted molar refractivity (Wildman–Crippen MR) is 149 cm³/mol. The van der Waals surface area contributed by atoms with Gasteiger partial charge in [-0.2, -0.15) is 0 Å². The Balaban J connectivity index is 1.49. The van der Waals surface area contributed by atoms with Crippen LogP contribution < -0.4 is 4.74 Å². The molecular formula is C33H46O4. The third-order valence-corrected chi connectivity index (χ3v) is 9.46. The zero-order chi connectivity index (χ0) is 26.6. The highest BCUT2D eigenvalue weighted by molar-refractivity contribution is 5.71. The molecule has 2 aromatic carbocycles. The minimum atomic E-state index is -0.219. The number of ether oxygens (including phenoxy) is 2. The van der Waals surface area contributed by atoms with E-state index < -0.39 is 0 Å². The van der Waals surface area contributed by atoms with Gasteiger partial charge in [-0.15, -0.1) is 0 Å². The van der Waals surface area contributed by atoms with Crippen LogP contribution in [-0.2, 0) is 21.4 Å². The molecule has 0 radical (unpaired) electrons. The second kappa shape index (κ2) is 11.6. The van der Waals surface area contributed by atoms with Crippen molar-refractivity contribution in [3.8, 4) is 5.75 Å². The minimum Gasteiger partial charge on any atom is -0.489 e. The molecule has 202 valence electrons. The van der Waals surface area contributed by atoms with E-state index in [4.69, 9.17) is 9.47 Å². The van der Waals surface area contributed by atoms with Crippen LogP contribution in [0, 0.1) is 19.3 Å². The highest BCUT2D eigenvalue weighted by Gasteiger charge is 2.36. The van der Waals surface area contributed by atoms with Crippen molar-refractivity contribution in [2.75, 3.05) is 6.61 Å². The first-order chi connectivity index (χ1) is 17.7. The molecule has 1 saturated heterocycles. The lowest BCUT2D eigenvalue weighted by molar-refractivity contribution is -0.142. The summed E-state index contributed by atoms with van der Waals surface area (Å²) in [7, 11) is 0. The fraction of sp³-hybridized carbons (Fsp3) is 0.606. The van der Waals surface area contributed by atoms with Crippen molar-refractivity contribution < 1.29 is 19.4 Å². The van der Waals surface area contributed by atoms with Crippen molar-refractivity contribution in [3.05, 3.63) is 64.2 Å². The fourth-order valence-corrected chi connectivity index (χ4v) is 6.66. The molecular weight excluding hydrogens is 460 g/mol. The minimum absolute atomic E-state index is 0.0651. The summed E-state index contributed by atoms with van der Waals surface area (Å²) in [5.41, 5.74) is 6.47. The number of cyclic esters (lactones) is 1. The summed E-state index contributed by atoms with van der Waals surface area (Å²) in [5.74, 6) is 0.728. The van der Waals surface area contributed by atoms with E-state index in [1.807, 2.05) is 0 Å². The lowest BCUT2D eigenvalue weighted by Gasteiger charge is -2.34. The van der Waals surface area contributed by atoms with E-state index in [2.05, 4.69) is 71.0 Å². The van der Waals surface area contributed by atoms with Gasteiger partial charge in [-0.05, 0) is 98.1 Å². The Kier molecular flexibility index (Phi) is 8.68. The summed E-state index contributed by atoms with van der Waals surface area (Å²) in [6, 6.07) is 13.5. The number of esters is 1. The monoisotopic (exact) mass is 506 g/mol. The van der Waals surface area contributed by atoms with Gasteiger partial charge in [0.2, 0.25) is 0 Å². The molecule has 0 amide bonds. The van der Waals surface area contributed by atoms with Crippen molar-refractivity contribution in [3.63, 3.8) is 0 Å². The van der Waals surface area contributed by atoms with Gasteiger partial charge in [-0.1, -0.05) is 63.9 Å². The number of carbonyl (C=O) groups is 1. The lowest BCUT2D eigenvalue weighted by Crippen LogP contribution is -2.30. The van der Waals surface area contributed by atoms with Crippen molar-refractivity contribution in [1.82, 2.24) is 0 Å². The molecule has 0 aromatic heterocycles. The molecule has 4 rings (SSSR count). The summed E-state index contributed by atoms with van der Waals surface area (Å²) in [5, 5.41) is 10.9. The van der Waals surface area contributed by atoms with Crippen LogP contribution in [0.25, 0.3) is 0 Å². The van der Waals surface area contributed by atoms with Crippen LogP contribution in [0.3, 0.4) is 0 Å². The second-order valence-corrected chi connectivity index (χ2v) is 11.8. The lowest BCUT2D eigenvalue weighted by atomic mass is 9.69. The van der Waals surface area contributed by atoms with E-state index in [1.165, 1.54) is 35.1 Å². The molecule has 0 spiro atoms. The molecule has 0 bridgehead atoms. The van der Waals surface area contributed by atoms with E-state index in [0.29, 0.717) is 13.0 Å². The second-order valence-electron chi connectivity index (χ2n) is 11.8. The highest BCUT2D eigenvalue weighted by atomic mass is 16.6. The van der Waals surface area contributed by atoms with Gasteiger partial charge in [-0.25, -0.2) is 0 Å². The number of aryl methyl sites for hydroxylation is 3. The van der Waals surface area contributed by atoms with E-state index in [1.54, 1.807) is 0 Å². The van der Waals surface area contributed by atoms with Crippen LogP contribution in [0.15, 0.2) is 36.4 Å². The normalized spacial score (nSPS) is 20.2. The van der Waals surface area contributed by atoms with Gasteiger partial charge in [-0.3, -0.25) is 4.79 Å². The maximum atomic E-state index is 11.4. The van der Waals surface area contributed by atoms with Gasteiger partial charge in [0.1, 0.15) is 18.5 Å². The maximum absolute atomic E-state index is 11.4. The third-order valence-electron chi connectivity index (χ3n) is 9.46. The topological polar surface area (TPSA) is 55.8 Å². The van der Waals surface area contributed by atoms with Gasteiger partial charge < -0.3 is 14.6 Å². The molecule has 2 fully saturated rings. The number of hydrogen-bond donors (Lipinski definition) is 1. The summed E-state index contributed by atoms with van der Waals surface area (Å²) < 4.78 is 11.3. The van der Waals surface area contributed by atoms with Crippen molar-refractivity contribution >= 4 is 5.97 Å². The molecule has 1 aliphatic heterocycles. The standard InChI is InChI=1S/C33H46O4/c1-6-33(7-2,27-13-15-29(24(4)21-27)36-22-28-14-17-31(35)37-28)26-12-10-25(23(3)20-26)11-16-30(34)32(5)18-8-9-19-32/h10,12-13,15,20-21,28,30,34H,6-9,11,14,16-19,22H2,1-5H3/t28-,30?/m1/s1. The van der Waals surface area contributed by atoms with Crippen LogP contribution in [0.5, 0.6) is 5.75 Å². The van der Waals surface area contributed by atoms with E-state index >= 15 is 0 Å². The average Bonchev–Trinajstić information content (AvgIpc) is 3.52. The molecule has 37 heavy (non-hydrogen) atoms. The number of aliphatic hydroxyl groups excluding tert-OH is 1. The summed E-state index contributed by atoms with van der Waals surface area (Å²) >= 11 is 0. The Hall–Kier alpha value is -2.33. The number of aliphatic hydroxyl groups is 1. The van der Waals surface area contributed by atoms with Gasteiger partial charge in [0.05, 0.1) is 6.10 Å². The Morgan fingerprint density at radius 2 is 1.70 bits per heavy atom. The smallest absolute Gasteiger partial charge is 0.306 e. The molecule has 1 N–H and O–H groups in total. The van der Waals surface area contributed by atoms with E-state index in [9.17, 15) is 9.90 Å². The van der Waals surface area contributed by atoms with E-state index in [-0.39, 0.29) is 29.0 Å². The zero-order valence-electron chi connectivity index (χ0n) is 23.6. The Bertz CT molecular complexity index is 1080.